The summed E-state index contributed by atoms with van der Waals surface area (Å²) in [5.74, 6) is -0.175. The van der Waals surface area contributed by atoms with Gasteiger partial charge in [0.1, 0.15) is 5.69 Å². The number of carbonyl (C=O) groups excluding carboxylic acids is 1. The molecular weight excluding hydrogens is 282 g/mol. The van der Waals surface area contributed by atoms with Crippen LogP contribution in [0.1, 0.15) is 16.2 Å². The summed E-state index contributed by atoms with van der Waals surface area (Å²) in [6.07, 6.45) is 0. The van der Waals surface area contributed by atoms with Crippen LogP contribution in [0.4, 0.5) is 5.69 Å². The number of nitrogens with one attached hydrogen (secondary N) is 1. The molecule has 0 saturated heterocycles. The molecular formula is C12H12BrN3O. The number of benzene rings is 1. The molecule has 1 aromatic carbocycles. The Labute approximate surface area is 108 Å². The van der Waals surface area contributed by atoms with Crippen molar-refractivity contribution in [2.24, 2.45) is 7.05 Å². The minimum atomic E-state index is -0.175. The van der Waals surface area contributed by atoms with Gasteiger partial charge in [-0.3, -0.25) is 9.48 Å². The number of amides is 1. The molecule has 0 fully saturated rings. The van der Waals surface area contributed by atoms with E-state index in [-0.39, 0.29) is 5.91 Å². The van der Waals surface area contributed by atoms with Gasteiger partial charge in [0.05, 0.1) is 10.2 Å². The summed E-state index contributed by atoms with van der Waals surface area (Å²) in [5.41, 5.74) is 2.08. The zero-order valence-electron chi connectivity index (χ0n) is 9.57. The van der Waals surface area contributed by atoms with Crippen molar-refractivity contribution in [2.75, 3.05) is 5.32 Å². The van der Waals surface area contributed by atoms with Crippen LogP contribution in [0.25, 0.3) is 0 Å². The number of hydrogen-bond acceptors (Lipinski definition) is 2. The normalized spacial score (nSPS) is 10.3. The van der Waals surface area contributed by atoms with Crippen molar-refractivity contribution >= 4 is 27.5 Å². The van der Waals surface area contributed by atoms with Gasteiger partial charge in [-0.1, -0.05) is 18.2 Å². The summed E-state index contributed by atoms with van der Waals surface area (Å²) in [4.78, 5) is 12.1. The molecule has 0 aliphatic heterocycles. The fraction of sp³-hybridized carbons (Fsp3) is 0.167. The maximum atomic E-state index is 12.1. The Kier molecular flexibility index (Phi) is 3.28. The molecule has 1 aromatic heterocycles. The third-order valence-electron chi connectivity index (χ3n) is 2.40. The molecule has 4 nitrogen and oxygen atoms in total. The molecule has 1 amide bonds. The smallest absolute Gasteiger partial charge is 0.275 e. The van der Waals surface area contributed by atoms with Gasteiger partial charge < -0.3 is 5.32 Å². The van der Waals surface area contributed by atoms with Crippen LogP contribution >= 0.6 is 15.9 Å². The fourth-order valence-corrected chi connectivity index (χ4v) is 2.11. The molecule has 0 atom stereocenters. The highest BCUT2D eigenvalue weighted by Gasteiger charge is 2.18. The zero-order valence-corrected chi connectivity index (χ0v) is 11.2. The number of carbonyl (C=O) groups is 1. The Morgan fingerprint density at radius 2 is 2.00 bits per heavy atom. The number of rotatable bonds is 2. The summed E-state index contributed by atoms with van der Waals surface area (Å²) < 4.78 is 2.30. The molecule has 0 radical (unpaired) electrons. The molecule has 2 rings (SSSR count). The highest BCUT2D eigenvalue weighted by Crippen LogP contribution is 2.21. The average Bonchev–Trinajstić information content (AvgIpc) is 2.54. The van der Waals surface area contributed by atoms with Crippen LogP contribution in [0.5, 0.6) is 0 Å². The third-order valence-corrected chi connectivity index (χ3v) is 3.35. The maximum Gasteiger partial charge on any atom is 0.275 e. The molecule has 5 heteroatoms. The minimum absolute atomic E-state index is 0.175. The van der Waals surface area contributed by atoms with E-state index in [1.807, 2.05) is 37.3 Å². The minimum Gasteiger partial charge on any atom is -0.321 e. The van der Waals surface area contributed by atoms with Crippen molar-refractivity contribution < 1.29 is 4.79 Å². The van der Waals surface area contributed by atoms with Gasteiger partial charge in [0, 0.05) is 12.7 Å². The number of aromatic nitrogens is 2. The second-order valence-corrected chi connectivity index (χ2v) is 4.48. The van der Waals surface area contributed by atoms with Gasteiger partial charge in [-0.05, 0) is 35.0 Å². The first-order valence-corrected chi connectivity index (χ1v) is 5.94. The second kappa shape index (κ2) is 4.71. The third kappa shape index (κ3) is 2.39. The summed E-state index contributed by atoms with van der Waals surface area (Å²) in [6, 6.07) is 9.34. The first kappa shape index (κ1) is 11.9. The van der Waals surface area contributed by atoms with Crippen molar-refractivity contribution in [1.29, 1.82) is 0 Å². The Hall–Kier alpha value is -1.62. The number of nitrogens with zero attached hydrogens (tertiary/aromatic N) is 2. The quantitative estimate of drug-likeness (QED) is 0.925. The number of hydrogen-bond donors (Lipinski definition) is 1. The summed E-state index contributed by atoms with van der Waals surface area (Å²) in [6.45, 7) is 1.85. The average molecular weight is 294 g/mol. The van der Waals surface area contributed by atoms with Crippen LogP contribution in [0, 0.1) is 6.92 Å². The van der Waals surface area contributed by atoms with Gasteiger partial charge in [0.25, 0.3) is 5.91 Å². The predicted molar refractivity (Wildman–Crippen MR) is 70.0 cm³/mol. The first-order valence-electron chi connectivity index (χ1n) is 5.15. The van der Waals surface area contributed by atoms with Gasteiger partial charge in [-0.15, -0.1) is 0 Å². The van der Waals surface area contributed by atoms with E-state index in [1.165, 1.54) is 0 Å². The van der Waals surface area contributed by atoms with E-state index >= 15 is 0 Å². The lowest BCUT2D eigenvalue weighted by Gasteiger charge is -2.05. The Morgan fingerprint density at radius 1 is 1.35 bits per heavy atom. The van der Waals surface area contributed by atoms with Crippen LogP contribution in [0.15, 0.2) is 34.8 Å². The summed E-state index contributed by atoms with van der Waals surface area (Å²) >= 11 is 3.37. The molecule has 1 N–H and O–H groups in total. The molecule has 17 heavy (non-hydrogen) atoms. The lowest BCUT2D eigenvalue weighted by atomic mass is 10.3. The largest absolute Gasteiger partial charge is 0.321 e. The van der Waals surface area contributed by atoms with Crippen molar-refractivity contribution in [1.82, 2.24) is 9.78 Å². The maximum absolute atomic E-state index is 12.1. The highest BCUT2D eigenvalue weighted by molar-refractivity contribution is 9.10. The molecule has 1 heterocycles. The lowest BCUT2D eigenvalue weighted by Crippen LogP contribution is -2.16. The monoisotopic (exact) mass is 293 g/mol. The van der Waals surface area contributed by atoms with Crippen molar-refractivity contribution in [3.63, 3.8) is 0 Å². The van der Waals surface area contributed by atoms with E-state index in [9.17, 15) is 4.79 Å². The number of aryl methyl sites for hydroxylation is 2. The van der Waals surface area contributed by atoms with Crippen molar-refractivity contribution in [3.05, 3.63) is 46.2 Å². The van der Waals surface area contributed by atoms with Crippen LogP contribution in [0.2, 0.25) is 0 Å². The van der Waals surface area contributed by atoms with Crippen molar-refractivity contribution in [3.8, 4) is 0 Å². The van der Waals surface area contributed by atoms with E-state index in [1.54, 1.807) is 11.7 Å². The highest BCUT2D eigenvalue weighted by atomic mass is 79.9. The number of para-hydroxylation sites is 1. The van der Waals surface area contributed by atoms with Gasteiger partial charge in [0.2, 0.25) is 0 Å². The van der Waals surface area contributed by atoms with Crippen LogP contribution in [-0.2, 0) is 7.05 Å². The SMILES string of the molecule is Cc1nn(C)c(C(=O)Nc2ccccc2)c1Br. The molecule has 0 unspecified atom stereocenters. The van der Waals surface area contributed by atoms with E-state index < -0.39 is 0 Å². The predicted octanol–water partition coefficient (Wildman–Crippen LogP) is 2.74. The van der Waals surface area contributed by atoms with Crippen LogP contribution in [0.3, 0.4) is 0 Å². The fourth-order valence-electron chi connectivity index (χ4n) is 1.59. The van der Waals surface area contributed by atoms with E-state index in [2.05, 4.69) is 26.3 Å². The molecule has 0 bridgehead atoms. The summed E-state index contributed by atoms with van der Waals surface area (Å²) in [7, 11) is 1.75. The molecule has 2 aromatic rings. The van der Waals surface area contributed by atoms with Crippen molar-refractivity contribution in [2.45, 2.75) is 6.92 Å². The van der Waals surface area contributed by atoms with Gasteiger partial charge in [0.15, 0.2) is 0 Å². The Bertz CT molecular complexity index is 548. The van der Waals surface area contributed by atoms with E-state index in [4.69, 9.17) is 0 Å². The summed E-state index contributed by atoms with van der Waals surface area (Å²) in [5, 5.41) is 7.01. The van der Waals surface area contributed by atoms with E-state index in [0.717, 1.165) is 15.9 Å². The van der Waals surface area contributed by atoms with E-state index in [0.29, 0.717) is 5.69 Å². The molecule has 0 aliphatic carbocycles. The van der Waals surface area contributed by atoms with Crippen LogP contribution < -0.4 is 5.32 Å². The number of anilines is 1. The Morgan fingerprint density at radius 3 is 2.53 bits per heavy atom. The Balaban J connectivity index is 2.27. The topological polar surface area (TPSA) is 46.9 Å². The molecule has 0 aliphatic rings. The molecule has 0 saturated carbocycles. The molecule has 88 valence electrons. The first-order chi connectivity index (χ1) is 8.09. The standard InChI is InChI=1S/C12H12BrN3O/c1-8-10(13)11(16(2)15-8)12(17)14-9-6-4-3-5-7-9/h3-7H,1-2H3,(H,14,17). The van der Waals surface area contributed by atoms with Gasteiger partial charge >= 0.3 is 0 Å². The van der Waals surface area contributed by atoms with Crippen LogP contribution in [-0.4, -0.2) is 15.7 Å². The second-order valence-electron chi connectivity index (χ2n) is 3.69. The lowest BCUT2D eigenvalue weighted by molar-refractivity contribution is 0.101. The molecule has 0 spiro atoms. The zero-order chi connectivity index (χ0) is 12.4. The van der Waals surface area contributed by atoms with Gasteiger partial charge in [-0.25, -0.2) is 0 Å². The number of halogens is 1. The van der Waals surface area contributed by atoms with Gasteiger partial charge in [-0.2, -0.15) is 5.10 Å².